The second kappa shape index (κ2) is 8.70. The van der Waals surface area contributed by atoms with Crippen molar-refractivity contribution >= 4 is 23.1 Å². The van der Waals surface area contributed by atoms with E-state index in [1.54, 1.807) is 6.92 Å². The molecule has 1 amide bonds. The van der Waals surface area contributed by atoms with Crippen LogP contribution in [0.3, 0.4) is 0 Å². The molecular formula is C20H27N3O2. The highest BCUT2D eigenvalue weighted by molar-refractivity contribution is 6.02. The Morgan fingerprint density at radius 3 is 2.76 bits per heavy atom. The van der Waals surface area contributed by atoms with Crippen molar-refractivity contribution in [1.82, 2.24) is 5.32 Å². The summed E-state index contributed by atoms with van der Waals surface area (Å²) in [5.41, 5.74) is 4.43. The monoisotopic (exact) mass is 341 g/mol. The van der Waals surface area contributed by atoms with E-state index < -0.39 is 0 Å². The molecule has 5 nitrogen and oxygen atoms in total. The maximum atomic E-state index is 12.2. The van der Waals surface area contributed by atoms with Crippen LogP contribution in [-0.2, 0) is 11.2 Å². The molecule has 0 heterocycles. The fourth-order valence-corrected chi connectivity index (χ4v) is 3.12. The van der Waals surface area contributed by atoms with Crippen molar-refractivity contribution in [3.05, 3.63) is 34.9 Å². The minimum atomic E-state index is -0.101. The molecule has 1 aliphatic carbocycles. The number of nitrogens with one attached hydrogen (secondary N) is 2. The zero-order valence-corrected chi connectivity index (χ0v) is 15.3. The first kappa shape index (κ1) is 19.0. The number of ketones is 1. The number of rotatable bonds is 7. The molecule has 1 atom stereocenters. The molecule has 0 aliphatic heterocycles. The fraction of sp³-hybridized carbons (Fsp3) is 0.500. The van der Waals surface area contributed by atoms with Gasteiger partial charge in [-0.25, -0.2) is 0 Å². The molecule has 0 bridgehead atoms. The molecule has 0 saturated carbocycles. The number of carbonyl (C=O) groups is 2. The third kappa shape index (κ3) is 5.34. The van der Waals surface area contributed by atoms with Gasteiger partial charge in [-0.3, -0.25) is 14.6 Å². The number of aryl methyl sites for hydroxylation is 1. The van der Waals surface area contributed by atoms with Gasteiger partial charge in [-0.05, 0) is 56.7 Å². The summed E-state index contributed by atoms with van der Waals surface area (Å²) in [5, 5.41) is 10.7. The molecule has 0 spiro atoms. The second-order valence-electron chi connectivity index (χ2n) is 6.67. The van der Waals surface area contributed by atoms with Gasteiger partial charge < -0.3 is 10.7 Å². The van der Waals surface area contributed by atoms with E-state index in [-0.39, 0.29) is 24.3 Å². The first-order valence-electron chi connectivity index (χ1n) is 8.90. The van der Waals surface area contributed by atoms with Crippen molar-refractivity contribution < 1.29 is 9.59 Å². The molecule has 0 fully saturated rings. The predicted octanol–water partition coefficient (Wildman–Crippen LogP) is 3.66. The zero-order chi connectivity index (χ0) is 18.4. The summed E-state index contributed by atoms with van der Waals surface area (Å²) in [4.78, 5) is 28.1. The molecule has 1 aromatic carbocycles. The van der Waals surface area contributed by atoms with E-state index in [0.717, 1.165) is 41.7 Å². The summed E-state index contributed by atoms with van der Waals surface area (Å²) in [6.07, 6.45) is 4.08. The lowest BCUT2D eigenvalue weighted by Crippen LogP contribution is -2.32. The first-order chi connectivity index (χ1) is 11.9. The van der Waals surface area contributed by atoms with Crippen molar-refractivity contribution in [3.63, 3.8) is 0 Å². The number of Topliss-reactive ketones (excluding diaryl/α,β-unsaturated/α-hetero) is 1. The van der Waals surface area contributed by atoms with Gasteiger partial charge in [0.1, 0.15) is 6.54 Å². The summed E-state index contributed by atoms with van der Waals surface area (Å²) >= 11 is 0. The maximum Gasteiger partial charge on any atom is 0.242 e. The molecule has 1 unspecified atom stereocenters. The van der Waals surface area contributed by atoms with Gasteiger partial charge >= 0.3 is 0 Å². The Balaban J connectivity index is 2.00. The third-order valence-corrected chi connectivity index (χ3v) is 4.59. The molecular weight excluding hydrogens is 314 g/mol. The lowest BCUT2D eigenvalue weighted by Gasteiger charge is -2.26. The summed E-state index contributed by atoms with van der Waals surface area (Å²) in [7, 11) is 0. The lowest BCUT2D eigenvalue weighted by molar-refractivity contribution is -0.120. The van der Waals surface area contributed by atoms with Gasteiger partial charge in [0, 0.05) is 23.4 Å². The number of benzene rings is 1. The molecule has 2 N–H and O–H groups in total. The van der Waals surface area contributed by atoms with Crippen molar-refractivity contribution in [2.24, 2.45) is 4.99 Å². The van der Waals surface area contributed by atoms with Gasteiger partial charge in [-0.1, -0.05) is 19.1 Å². The number of hydrogen-bond donors (Lipinski definition) is 2. The predicted molar refractivity (Wildman–Crippen MR) is 101 cm³/mol. The highest BCUT2D eigenvalue weighted by Crippen LogP contribution is 2.30. The van der Waals surface area contributed by atoms with Crippen LogP contribution < -0.4 is 5.32 Å². The molecule has 5 heteroatoms. The Kier molecular flexibility index (Phi) is 6.62. The topological polar surface area (TPSA) is 82.4 Å². The van der Waals surface area contributed by atoms with Gasteiger partial charge in [0.2, 0.25) is 5.91 Å². The number of carbonyl (C=O) groups excluding carboxylic acids is 2. The van der Waals surface area contributed by atoms with Crippen molar-refractivity contribution in [3.8, 4) is 0 Å². The average molecular weight is 341 g/mol. The maximum absolute atomic E-state index is 12.2. The summed E-state index contributed by atoms with van der Waals surface area (Å²) in [6, 6.07) is 5.74. The molecule has 2 rings (SSSR count). The van der Waals surface area contributed by atoms with E-state index >= 15 is 0 Å². The number of aliphatic imine (C=N–C) groups is 1. The van der Waals surface area contributed by atoms with E-state index in [1.807, 2.05) is 32.0 Å². The minimum absolute atomic E-state index is 0.0123. The smallest absolute Gasteiger partial charge is 0.242 e. The average Bonchev–Trinajstić information content (AvgIpc) is 2.59. The van der Waals surface area contributed by atoms with E-state index in [4.69, 9.17) is 5.41 Å². The van der Waals surface area contributed by atoms with Crippen LogP contribution >= 0.6 is 0 Å². The molecule has 0 saturated heterocycles. The number of amides is 1. The van der Waals surface area contributed by atoms with E-state index in [1.165, 1.54) is 0 Å². The third-order valence-electron chi connectivity index (χ3n) is 4.59. The molecule has 0 radical (unpaired) electrons. The molecule has 25 heavy (non-hydrogen) atoms. The van der Waals surface area contributed by atoms with Crippen molar-refractivity contribution in [1.29, 1.82) is 5.41 Å². The highest BCUT2D eigenvalue weighted by atomic mass is 16.2. The number of hydrogen-bond acceptors (Lipinski definition) is 4. The largest absolute Gasteiger partial charge is 0.348 e. The van der Waals surface area contributed by atoms with Crippen molar-refractivity contribution in [2.45, 2.75) is 58.9 Å². The van der Waals surface area contributed by atoms with Gasteiger partial charge in [0.25, 0.3) is 0 Å². The second-order valence-corrected chi connectivity index (χ2v) is 6.67. The van der Waals surface area contributed by atoms with E-state index in [2.05, 4.69) is 10.3 Å². The normalized spacial score (nSPS) is 16.9. The van der Waals surface area contributed by atoms with Gasteiger partial charge in [-0.2, -0.15) is 0 Å². The standard InChI is InChI=1S/C20H27N3O2/c1-4-17(21)10-13(2)22-12-20(25)23-19-7-5-6-16-11-15(14(3)24)8-9-18(16)19/h8-9,11,19,21H,4-7,10,12H2,1-3H3,(H,23,25). The lowest BCUT2D eigenvalue weighted by atomic mass is 9.86. The molecule has 1 aliphatic rings. The van der Waals surface area contributed by atoms with Crippen LogP contribution in [0.5, 0.6) is 0 Å². The van der Waals surface area contributed by atoms with Crippen LogP contribution in [0.15, 0.2) is 23.2 Å². The van der Waals surface area contributed by atoms with Gasteiger partial charge in [0.15, 0.2) is 5.78 Å². The van der Waals surface area contributed by atoms with Crippen molar-refractivity contribution in [2.75, 3.05) is 6.54 Å². The SMILES string of the molecule is CCC(=N)CC(C)=NCC(=O)NC1CCCc2cc(C(C)=O)ccc21. The quantitative estimate of drug-likeness (QED) is 0.586. The Morgan fingerprint density at radius 2 is 2.08 bits per heavy atom. The minimum Gasteiger partial charge on any atom is -0.348 e. The molecule has 1 aromatic rings. The highest BCUT2D eigenvalue weighted by Gasteiger charge is 2.22. The Labute approximate surface area is 149 Å². The van der Waals surface area contributed by atoms with Crippen LogP contribution in [0.2, 0.25) is 0 Å². The Hall–Kier alpha value is -2.30. The van der Waals surface area contributed by atoms with E-state index in [9.17, 15) is 9.59 Å². The Morgan fingerprint density at radius 1 is 1.32 bits per heavy atom. The van der Waals surface area contributed by atoms with Crippen LogP contribution in [-0.4, -0.2) is 29.7 Å². The van der Waals surface area contributed by atoms with Gasteiger partial charge in [0.05, 0.1) is 6.04 Å². The van der Waals surface area contributed by atoms with Crippen LogP contribution in [0.1, 0.15) is 74.0 Å². The number of nitrogens with zero attached hydrogens (tertiary/aromatic N) is 1. The van der Waals surface area contributed by atoms with Gasteiger partial charge in [-0.15, -0.1) is 0 Å². The summed E-state index contributed by atoms with van der Waals surface area (Å²) in [6.45, 7) is 5.47. The Bertz CT molecular complexity index is 707. The number of fused-ring (bicyclic) bond motifs is 1. The van der Waals surface area contributed by atoms with Crippen LogP contribution in [0.25, 0.3) is 0 Å². The summed E-state index contributed by atoms with van der Waals surface area (Å²) in [5.74, 6) is -0.0349. The first-order valence-corrected chi connectivity index (χ1v) is 8.90. The van der Waals surface area contributed by atoms with Crippen LogP contribution in [0.4, 0.5) is 0 Å². The molecule has 0 aromatic heterocycles. The molecule has 134 valence electrons. The van der Waals surface area contributed by atoms with E-state index in [0.29, 0.717) is 18.6 Å². The van der Waals surface area contributed by atoms with Crippen LogP contribution in [0, 0.1) is 5.41 Å². The fourth-order valence-electron chi connectivity index (χ4n) is 3.12. The zero-order valence-electron chi connectivity index (χ0n) is 15.3. The summed E-state index contributed by atoms with van der Waals surface area (Å²) < 4.78 is 0.